The van der Waals surface area contributed by atoms with E-state index in [-0.39, 0.29) is 0 Å². The van der Waals surface area contributed by atoms with Crippen molar-refractivity contribution in [3.63, 3.8) is 0 Å². The number of ether oxygens (including phenoxy) is 1. The van der Waals surface area contributed by atoms with Crippen LogP contribution in [0.1, 0.15) is 5.82 Å². The van der Waals surface area contributed by atoms with Crippen molar-refractivity contribution in [1.29, 1.82) is 0 Å². The number of nitrogens with zero attached hydrogens (tertiary/aromatic N) is 2. The van der Waals surface area contributed by atoms with Crippen LogP contribution in [-0.4, -0.2) is 16.6 Å². The lowest BCUT2D eigenvalue weighted by molar-refractivity contribution is 0.364. The monoisotopic (exact) mass is 252 g/mol. The van der Waals surface area contributed by atoms with Crippen LogP contribution in [0.3, 0.4) is 0 Å². The highest BCUT2D eigenvalue weighted by Gasteiger charge is 2.07. The van der Waals surface area contributed by atoms with Crippen molar-refractivity contribution in [2.45, 2.75) is 6.42 Å². The van der Waals surface area contributed by atoms with Crippen LogP contribution in [0.15, 0.2) is 61.8 Å². The molecular weight excluding hydrogens is 236 g/mol. The molecule has 0 bridgehead atoms. The van der Waals surface area contributed by atoms with Crippen LogP contribution in [0.25, 0.3) is 11.3 Å². The van der Waals surface area contributed by atoms with Crippen molar-refractivity contribution < 1.29 is 4.74 Å². The lowest BCUT2D eigenvalue weighted by Gasteiger charge is -2.09. The average molecular weight is 252 g/mol. The Morgan fingerprint density at radius 2 is 1.95 bits per heavy atom. The van der Waals surface area contributed by atoms with Gasteiger partial charge in [0.1, 0.15) is 18.2 Å². The Balaban J connectivity index is 2.37. The Labute approximate surface area is 113 Å². The summed E-state index contributed by atoms with van der Waals surface area (Å²) in [6.45, 7) is 7.83. The molecule has 0 radical (unpaired) electrons. The molecule has 96 valence electrons. The third-order valence-electron chi connectivity index (χ3n) is 2.55. The van der Waals surface area contributed by atoms with Gasteiger partial charge in [-0.3, -0.25) is 0 Å². The quantitative estimate of drug-likeness (QED) is 0.739. The maximum atomic E-state index is 5.64. The van der Waals surface area contributed by atoms with Gasteiger partial charge in [0, 0.05) is 18.2 Å². The minimum absolute atomic E-state index is 0.474. The minimum atomic E-state index is 0.474. The van der Waals surface area contributed by atoms with E-state index in [0.717, 1.165) is 22.8 Å². The summed E-state index contributed by atoms with van der Waals surface area (Å²) >= 11 is 0. The van der Waals surface area contributed by atoms with Crippen molar-refractivity contribution in [1.82, 2.24) is 9.97 Å². The third kappa shape index (κ3) is 3.28. The van der Waals surface area contributed by atoms with Gasteiger partial charge in [0.25, 0.3) is 0 Å². The summed E-state index contributed by atoms with van der Waals surface area (Å²) in [5.74, 6) is 1.55. The Hall–Kier alpha value is -2.42. The van der Waals surface area contributed by atoms with Gasteiger partial charge in [-0.1, -0.05) is 30.9 Å². The SMILES string of the molecule is C=CCOc1ccccc1-c1ccnc(CC=C)n1. The van der Waals surface area contributed by atoms with Crippen LogP contribution in [0.5, 0.6) is 5.75 Å². The number of benzene rings is 1. The van der Waals surface area contributed by atoms with Crippen LogP contribution >= 0.6 is 0 Å². The molecule has 0 fully saturated rings. The van der Waals surface area contributed by atoms with Gasteiger partial charge < -0.3 is 4.74 Å². The highest BCUT2D eigenvalue weighted by molar-refractivity contribution is 5.66. The maximum absolute atomic E-state index is 5.64. The van der Waals surface area contributed by atoms with Crippen LogP contribution < -0.4 is 4.74 Å². The second kappa shape index (κ2) is 6.50. The topological polar surface area (TPSA) is 35.0 Å². The van der Waals surface area contributed by atoms with E-state index in [2.05, 4.69) is 23.1 Å². The summed E-state index contributed by atoms with van der Waals surface area (Å²) in [6, 6.07) is 9.69. The van der Waals surface area contributed by atoms with Crippen LogP contribution in [0, 0.1) is 0 Å². The van der Waals surface area contributed by atoms with Crippen molar-refractivity contribution in [2.24, 2.45) is 0 Å². The molecule has 3 heteroatoms. The average Bonchev–Trinajstić information content (AvgIpc) is 2.46. The third-order valence-corrected chi connectivity index (χ3v) is 2.55. The molecule has 19 heavy (non-hydrogen) atoms. The normalized spacial score (nSPS) is 9.89. The molecule has 0 aliphatic carbocycles. The summed E-state index contributed by atoms with van der Waals surface area (Å²) in [5.41, 5.74) is 1.81. The molecule has 0 atom stereocenters. The van der Waals surface area contributed by atoms with E-state index in [4.69, 9.17) is 4.74 Å². The van der Waals surface area contributed by atoms with E-state index in [0.29, 0.717) is 13.0 Å². The maximum Gasteiger partial charge on any atom is 0.132 e. The molecule has 1 heterocycles. The summed E-state index contributed by atoms with van der Waals surface area (Å²) in [7, 11) is 0. The molecule has 1 aromatic heterocycles. The number of hydrogen-bond acceptors (Lipinski definition) is 3. The summed E-state index contributed by atoms with van der Waals surface area (Å²) < 4.78 is 5.64. The number of allylic oxidation sites excluding steroid dienone is 1. The molecule has 2 rings (SSSR count). The molecule has 0 N–H and O–H groups in total. The predicted octanol–water partition coefficient (Wildman–Crippen LogP) is 3.44. The largest absolute Gasteiger partial charge is 0.489 e. The molecule has 0 aliphatic rings. The molecular formula is C16H16N2O. The standard InChI is InChI=1S/C16H16N2O/c1-3-7-16-17-11-10-14(18-16)13-8-5-6-9-15(13)19-12-4-2/h3-6,8-11H,1-2,7,12H2. The van der Waals surface area contributed by atoms with Gasteiger partial charge in [0.2, 0.25) is 0 Å². The van der Waals surface area contributed by atoms with E-state index in [1.54, 1.807) is 18.3 Å². The molecule has 3 nitrogen and oxygen atoms in total. The molecule has 0 amide bonds. The predicted molar refractivity (Wildman–Crippen MR) is 77.1 cm³/mol. The zero-order valence-corrected chi connectivity index (χ0v) is 10.7. The first kappa shape index (κ1) is 13.0. The van der Waals surface area contributed by atoms with Gasteiger partial charge >= 0.3 is 0 Å². The van der Waals surface area contributed by atoms with Crippen molar-refractivity contribution >= 4 is 0 Å². The van der Waals surface area contributed by atoms with Crippen molar-refractivity contribution in [2.75, 3.05) is 6.61 Å². The van der Waals surface area contributed by atoms with Crippen molar-refractivity contribution in [3.8, 4) is 17.0 Å². The van der Waals surface area contributed by atoms with E-state index in [9.17, 15) is 0 Å². The molecule has 0 aliphatic heterocycles. The summed E-state index contributed by atoms with van der Waals surface area (Å²) in [4.78, 5) is 8.72. The first-order valence-corrected chi connectivity index (χ1v) is 6.11. The number of aromatic nitrogens is 2. The van der Waals surface area contributed by atoms with Gasteiger partial charge in [0.15, 0.2) is 0 Å². The van der Waals surface area contributed by atoms with Gasteiger partial charge in [-0.25, -0.2) is 9.97 Å². The Morgan fingerprint density at radius 3 is 2.74 bits per heavy atom. The second-order valence-electron chi connectivity index (χ2n) is 3.95. The van der Waals surface area contributed by atoms with E-state index in [1.807, 2.05) is 30.3 Å². The van der Waals surface area contributed by atoms with Crippen LogP contribution in [-0.2, 0) is 6.42 Å². The van der Waals surface area contributed by atoms with E-state index in [1.165, 1.54) is 0 Å². The molecule has 0 spiro atoms. The van der Waals surface area contributed by atoms with E-state index >= 15 is 0 Å². The van der Waals surface area contributed by atoms with Crippen LogP contribution in [0.4, 0.5) is 0 Å². The number of rotatable bonds is 6. The fraction of sp³-hybridized carbons (Fsp3) is 0.125. The second-order valence-corrected chi connectivity index (χ2v) is 3.95. The number of hydrogen-bond donors (Lipinski definition) is 0. The minimum Gasteiger partial charge on any atom is -0.489 e. The zero-order chi connectivity index (χ0) is 13.5. The lowest BCUT2D eigenvalue weighted by Crippen LogP contribution is -1.98. The van der Waals surface area contributed by atoms with Gasteiger partial charge in [0.05, 0.1) is 5.69 Å². The summed E-state index contributed by atoms with van der Waals surface area (Å²) in [5, 5.41) is 0. The molecule has 0 saturated carbocycles. The Kier molecular flexibility index (Phi) is 4.45. The van der Waals surface area contributed by atoms with Gasteiger partial charge in [-0.15, -0.1) is 6.58 Å². The first-order valence-electron chi connectivity index (χ1n) is 6.11. The zero-order valence-electron chi connectivity index (χ0n) is 10.7. The molecule has 2 aromatic rings. The number of para-hydroxylation sites is 1. The van der Waals surface area contributed by atoms with Gasteiger partial charge in [-0.05, 0) is 18.2 Å². The van der Waals surface area contributed by atoms with E-state index < -0.39 is 0 Å². The first-order chi connectivity index (χ1) is 9.35. The molecule has 0 unspecified atom stereocenters. The molecule has 1 aromatic carbocycles. The van der Waals surface area contributed by atoms with Crippen LogP contribution in [0.2, 0.25) is 0 Å². The fourth-order valence-corrected chi connectivity index (χ4v) is 1.73. The van der Waals surface area contributed by atoms with Gasteiger partial charge in [-0.2, -0.15) is 0 Å². The molecule has 0 saturated heterocycles. The smallest absolute Gasteiger partial charge is 0.132 e. The fourth-order valence-electron chi connectivity index (χ4n) is 1.73. The highest BCUT2D eigenvalue weighted by Crippen LogP contribution is 2.28. The highest BCUT2D eigenvalue weighted by atomic mass is 16.5. The Bertz CT molecular complexity index is 578. The lowest BCUT2D eigenvalue weighted by atomic mass is 10.1. The van der Waals surface area contributed by atoms with Crippen molar-refractivity contribution in [3.05, 3.63) is 67.7 Å². The Morgan fingerprint density at radius 1 is 1.11 bits per heavy atom. The summed E-state index contributed by atoms with van der Waals surface area (Å²) in [6.07, 6.45) is 5.92.